The van der Waals surface area contributed by atoms with Gasteiger partial charge in [0.15, 0.2) is 0 Å². The Hall–Kier alpha value is -4.98. The van der Waals surface area contributed by atoms with Crippen molar-refractivity contribution >= 4 is 28.5 Å². The van der Waals surface area contributed by atoms with Crippen LogP contribution in [0.3, 0.4) is 0 Å². The lowest BCUT2D eigenvalue weighted by Gasteiger charge is -2.19. The smallest absolute Gasteiger partial charge is 0.345 e. The van der Waals surface area contributed by atoms with Crippen LogP contribution in [0.25, 0.3) is 22.0 Å². The predicted molar refractivity (Wildman–Crippen MR) is 154 cm³/mol. The minimum atomic E-state index is -4.47. The van der Waals surface area contributed by atoms with E-state index in [0.717, 1.165) is 23.1 Å². The van der Waals surface area contributed by atoms with E-state index in [4.69, 9.17) is 0 Å². The normalized spacial score (nSPS) is 12.1. The van der Waals surface area contributed by atoms with Crippen LogP contribution in [0, 0.1) is 0 Å². The molecule has 1 aromatic heterocycles. The fourth-order valence-corrected chi connectivity index (χ4v) is 4.67. The molecule has 0 spiro atoms. The lowest BCUT2D eigenvalue weighted by molar-refractivity contribution is -0.137. The van der Waals surface area contributed by atoms with E-state index in [1.807, 2.05) is 55.5 Å². The molecule has 0 aliphatic rings. The standard InChI is InChI=1S/C33H26F3N3O2/c1-2-28(22-10-4-3-5-11-22)38-32(41)27-20-23-12-6-9-15-29(23)37-30(27)39-31(40)26-14-8-7-13-25(26)21-16-18-24(19-17-21)33(34,35)36/h3-20,28H,2H2,1H3,(H,38,41)(H,37,39,40). The summed E-state index contributed by atoms with van der Waals surface area (Å²) >= 11 is 0. The van der Waals surface area contributed by atoms with Crippen molar-refractivity contribution < 1.29 is 22.8 Å². The van der Waals surface area contributed by atoms with Crippen LogP contribution in [0.1, 0.15) is 51.2 Å². The zero-order valence-corrected chi connectivity index (χ0v) is 22.1. The number of carbonyl (C=O) groups is 2. The SMILES string of the molecule is CCC(NC(=O)c1cc2ccccc2nc1NC(=O)c1ccccc1-c1ccc(C(F)(F)F)cc1)c1ccccc1. The monoisotopic (exact) mass is 553 g/mol. The maximum Gasteiger partial charge on any atom is 0.416 e. The van der Waals surface area contributed by atoms with Crippen molar-refractivity contribution in [3.8, 4) is 11.1 Å². The van der Waals surface area contributed by atoms with Crippen molar-refractivity contribution in [2.24, 2.45) is 0 Å². The highest BCUT2D eigenvalue weighted by atomic mass is 19.4. The highest BCUT2D eigenvalue weighted by Gasteiger charge is 2.30. The Bertz CT molecular complexity index is 1700. The average Bonchev–Trinajstić information content (AvgIpc) is 2.99. The summed E-state index contributed by atoms with van der Waals surface area (Å²) in [6.45, 7) is 1.97. The van der Waals surface area contributed by atoms with E-state index in [1.165, 1.54) is 12.1 Å². The molecule has 5 aromatic rings. The fraction of sp³-hybridized carbons (Fsp3) is 0.121. The van der Waals surface area contributed by atoms with Gasteiger partial charge in [0.05, 0.1) is 22.7 Å². The van der Waals surface area contributed by atoms with Crippen LogP contribution in [-0.2, 0) is 6.18 Å². The molecule has 2 amide bonds. The number of carbonyl (C=O) groups excluding carboxylic acids is 2. The molecule has 5 nitrogen and oxygen atoms in total. The summed E-state index contributed by atoms with van der Waals surface area (Å²) in [4.78, 5) is 31.8. The molecule has 4 aromatic carbocycles. The molecule has 0 bridgehead atoms. The van der Waals surface area contributed by atoms with E-state index < -0.39 is 23.6 Å². The third kappa shape index (κ3) is 6.11. The lowest BCUT2D eigenvalue weighted by atomic mass is 9.98. The predicted octanol–water partition coefficient (Wildman–Crippen LogP) is 8.05. The summed E-state index contributed by atoms with van der Waals surface area (Å²) in [6, 6.07) is 29.5. The van der Waals surface area contributed by atoms with Crippen LogP contribution >= 0.6 is 0 Å². The summed E-state index contributed by atoms with van der Waals surface area (Å²) < 4.78 is 39.2. The number of hydrogen-bond donors (Lipinski definition) is 2. The maximum atomic E-state index is 13.6. The Kier molecular flexibility index (Phi) is 7.83. The number of alkyl halides is 3. The first kappa shape index (κ1) is 27.6. The van der Waals surface area contributed by atoms with E-state index >= 15 is 0 Å². The molecule has 5 rings (SSSR count). The molecule has 1 unspecified atom stereocenters. The molecule has 0 radical (unpaired) electrons. The molecule has 41 heavy (non-hydrogen) atoms. The minimum absolute atomic E-state index is 0.0799. The summed E-state index contributed by atoms with van der Waals surface area (Å²) in [5, 5.41) is 6.57. The van der Waals surface area contributed by atoms with Crippen molar-refractivity contribution in [2.45, 2.75) is 25.6 Å². The molecule has 1 heterocycles. The van der Waals surface area contributed by atoms with Gasteiger partial charge in [0.25, 0.3) is 11.8 Å². The number of nitrogens with zero attached hydrogens (tertiary/aromatic N) is 1. The molecule has 8 heteroatoms. The van der Waals surface area contributed by atoms with Gasteiger partial charge >= 0.3 is 6.18 Å². The summed E-state index contributed by atoms with van der Waals surface area (Å²) in [5.74, 6) is -0.867. The lowest BCUT2D eigenvalue weighted by Crippen LogP contribution is -2.29. The number of fused-ring (bicyclic) bond motifs is 1. The summed E-state index contributed by atoms with van der Waals surface area (Å²) in [7, 11) is 0. The van der Waals surface area contributed by atoms with E-state index in [-0.39, 0.29) is 23.0 Å². The van der Waals surface area contributed by atoms with Gasteiger partial charge in [-0.15, -0.1) is 0 Å². The summed E-state index contributed by atoms with van der Waals surface area (Å²) in [6.07, 6.45) is -3.82. The Labute approximate surface area is 235 Å². The molecule has 0 aliphatic carbocycles. The molecule has 206 valence electrons. The Morgan fingerprint density at radius 1 is 0.780 bits per heavy atom. The first-order valence-corrected chi connectivity index (χ1v) is 13.1. The first-order valence-electron chi connectivity index (χ1n) is 13.1. The first-order chi connectivity index (χ1) is 19.7. The van der Waals surface area contributed by atoms with Crippen LogP contribution < -0.4 is 10.6 Å². The molecule has 1 atom stereocenters. The second-order valence-electron chi connectivity index (χ2n) is 9.50. The van der Waals surface area contributed by atoms with Crippen molar-refractivity contribution in [3.63, 3.8) is 0 Å². The number of pyridine rings is 1. The second-order valence-corrected chi connectivity index (χ2v) is 9.50. The van der Waals surface area contributed by atoms with Crippen LogP contribution in [0.2, 0.25) is 0 Å². The van der Waals surface area contributed by atoms with Crippen molar-refractivity contribution in [3.05, 3.63) is 131 Å². The van der Waals surface area contributed by atoms with Crippen LogP contribution in [-0.4, -0.2) is 16.8 Å². The van der Waals surface area contributed by atoms with Gasteiger partial charge in [-0.2, -0.15) is 13.2 Å². The zero-order valence-electron chi connectivity index (χ0n) is 22.1. The van der Waals surface area contributed by atoms with Gasteiger partial charge in [0, 0.05) is 10.9 Å². The zero-order chi connectivity index (χ0) is 29.0. The number of benzene rings is 4. The van der Waals surface area contributed by atoms with Gasteiger partial charge < -0.3 is 10.6 Å². The number of aromatic nitrogens is 1. The Balaban J connectivity index is 1.49. The van der Waals surface area contributed by atoms with Gasteiger partial charge in [-0.1, -0.05) is 85.8 Å². The fourth-order valence-electron chi connectivity index (χ4n) is 4.67. The average molecular weight is 554 g/mol. The third-order valence-corrected chi connectivity index (χ3v) is 6.81. The Morgan fingerprint density at radius 2 is 1.44 bits per heavy atom. The Morgan fingerprint density at radius 3 is 2.15 bits per heavy atom. The molecule has 0 fully saturated rings. The number of para-hydroxylation sites is 1. The van der Waals surface area contributed by atoms with Crippen LogP contribution in [0.15, 0.2) is 109 Å². The largest absolute Gasteiger partial charge is 0.416 e. The molecule has 0 aliphatic heterocycles. The van der Waals surface area contributed by atoms with Gasteiger partial charge in [-0.25, -0.2) is 4.98 Å². The highest BCUT2D eigenvalue weighted by Crippen LogP contribution is 2.32. The number of hydrogen-bond acceptors (Lipinski definition) is 3. The number of anilines is 1. The third-order valence-electron chi connectivity index (χ3n) is 6.81. The van der Waals surface area contributed by atoms with Crippen molar-refractivity contribution in [2.75, 3.05) is 5.32 Å². The maximum absolute atomic E-state index is 13.6. The van der Waals surface area contributed by atoms with Crippen molar-refractivity contribution in [1.82, 2.24) is 10.3 Å². The van der Waals surface area contributed by atoms with Gasteiger partial charge in [0.2, 0.25) is 0 Å². The van der Waals surface area contributed by atoms with Crippen LogP contribution in [0.4, 0.5) is 19.0 Å². The molecule has 0 saturated heterocycles. The molecular formula is C33H26F3N3O2. The number of amides is 2. The number of rotatable bonds is 7. The minimum Gasteiger partial charge on any atom is -0.345 e. The molecular weight excluding hydrogens is 527 g/mol. The van der Waals surface area contributed by atoms with Crippen LogP contribution in [0.5, 0.6) is 0 Å². The van der Waals surface area contributed by atoms with E-state index in [1.54, 1.807) is 36.4 Å². The second kappa shape index (κ2) is 11.6. The van der Waals surface area contributed by atoms with E-state index in [2.05, 4.69) is 15.6 Å². The number of nitrogens with one attached hydrogen (secondary N) is 2. The molecule has 0 saturated carbocycles. The van der Waals surface area contributed by atoms with Crippen molar-refractivity contribution in [1.29, 1.82) is 0 Å². The number of halogens is 3. The van der Waals surface area contributed by atoms with Gasteiger partial charge in [-0.05, 0) is 53.4 Å². The highest BCUT2D eigenvalue weighted by molar-refractivity contribution is 6.12. The van der Waals surface area contributed by atoms with E-state index in [9.17, 15) is 22.8 Å². The van der Waals surface area contributed by atoms with Gasteiger partial charge in [-0.3, -0.25) is 9.59 Å². The topological polar surface area (TPSA) is 71.1 Å². The van der Waals surface area contributed by atoms with Gasteiger partial charge in [0.1, 0.15) is 5.82 Å². The summed E-state index contributed by atoms with van der Waals surface area (Å²) in [5.41, 5.74) is 2.07. The van der Waals surface area contributed by atoms with E-state index in [0.29, 0.717) is 23.1 Å². The quantitative estimate of drug-likeness (QED) is 0.214. The molecule has 2 N–H and O–H groups in total.